The summed E-state index contributed by atoms with van der Waals surface area (Å²) in [6.07, 6.45) is 0.333. The monoisotopic (exact) mass is 376 g/mol. The average molecular weight is 378 g/mol. The van der Waals surface area contributed by atoms with E-state index in [1.54, 1.807) is 18.2 Å². The number of nitrogens with one attached hydrogen (secondary N) is 1. The lowest BCUT2D eigenvalue weighted by molar-refractivity contribution is 0.529. The molecule has 1 atom stereocenters. The first-order valence-corrected chi connectivity index (χ1v) is 7.41. The third kappa shape index (κ3) is 3.51. The topological polar surface area (TPSA) is 38.0 Å². The molecule has 0 aliphatic carbocycles. The second kappa shape index (κ2) is 6.87. The van der Waals surface area contributed by atoms with Crippen LogP contribution in [0.3, 0.4) is 0 Å². The van der Waals surface area contributed by atoms with Gasteiger partial charge in [0.05, 0.1) is 11.1 Å². The Hall–Kier alpha value is -0.650. The molecule has 20 heavy (non-hydrogen) atoms. The van der Waals surface area contributed by atoms with Crippen molar-refractivity contribution >= 4 is 39.1 Å². The van der Waals surface area contributed by atoms with Crippen LogP contribution in [0.15, 0.2) is 40.9 Å². The summed E-state index contributed by atoms with van der Waals surface area (Å²) in [5.74, 6) is 5.22. The van der Waals surface area contributed by atoms with Crippen molar-refractivity contribution in [1.29, 1.82) is 0 Å². The number of nitrogens with two attached hydrogens (primary N) is 1. The largest absolute Gasteiger partial charge is 0.271 e. The Labute approximate surface area is 135 Å². The molecule has 106 valence electrons. The molecule has 0 spiro atoms. The number of halogens is 4. The molecule has 2 nitrogen and oxygen atoms in total. The molecule has 6 heteroatoms. The molecule has 0 aliphatic heterocycles. The second-order valence-corrected chi connectivity index (χ2v) is 5.97. The first-order valence-electron chi connectivity index (χ1n) is 5.87. The van der Waals surface area contributed by atoms with Gasteiger partial charge in [0.15, 0.2) is 0 Å². The Balaban J connectivity index is 2.31. The Morgan fingerprint density at radius 1 is 1.20 bits per heavy atom. The van der Waals surface area contributed by atoms with E-state index in [1.165, 1.54) is 6.07 Å². The molecule has 0 aromatic heterocycles. The van der Waals surface area contributed by atoms with Crippen LogP contribution < -0.4 is 11.3 Å². The fourth-order valence-corrected chi connectivity index (χ4v) is 2.61. The van der Waals surface area contributed by atoms with Gasteiger partial charge in [0, 0.05) is 15.1 Å². The normalized spacial score (nSPS) is 12.4. The molecule has 2 aromatic carbocycles. The van der Waals surface area contributed by atoms with E-state index in [-0.39, 0.29) is 11.9 Å². The number of hydrogen-bond acceptors (Lipinski definition) is 2. The fourth-order valence-electron chi connectivity index (χ4n) is 1.93. The Morgan fingerprint density at radius 2 is 1.95 bits per heavy atom. The smallest absolute Gasteiger partial charge is 0.127 e. The van der Waals surface area contributed by atoms with Crippen molar-refractivity contribution in [2.24, 2.45) is 5.84 Å². The van der Waals surface area contributed by atoms with Gasteiger partial charge >= 0.3 is 0 Å². The Morgan fingerprint density at radius 3 is 2.55 bits per heavy atom. The summed E-state index contributed by atoms with van der Waals surface area (Å²) < 4.78 is 14.6. The van der Waals surface area contributed by atoms with Gasteiger partial charge in [-0.15, -0.1) is 0 Å². The molecule has 0 saturated heterocycles. The molecule has 3 N–H and O–H groups in total. The number of rotatable bonds is 4. The molecule has 0 heterocycles. The maximum Gasteiger partial charge on any atom is 0.127 e. The van der Waals surface area contributed by atoms with Gasteiger partial charge in [-0.2, -0.15) is 0 Å². The van der Waals surface area contributed by atoms with Crippen molar-refractivity contribution in [1.82, 2.24) is 5.43 Å². The highest BCUT2D eigenvalue weighted by molar-refractivity contribution is 9.10. The van der Waals surface area contributed by atoms with E-state index in [0.717, 1.165) is 10.0 Å². The standard InChI is InChI=1S/C14H12BrCl2FN2/c15-10-5-4-8(6-12(10)17)14(20-19)7-9-11(16)2-1-3-13(9)18/h1-6,14,20H,7,19H2. The van der Waals surface area contributed by atoms with Gasteiger partial charge in [0.1, 0.15) is 5.82 Å². The third-order valence-electron chi connectivity index (χ3n) is 3.02. The predicted molar refractivity (Wildman–Crippen MR) is 84.3 cm³/mol. The fraction of sp³-hybridized carbons (Fsp3) is 0.143. The van der Waals surface area contributed by atoms with E-state index in [0.29, 0.717) is 22.0 Å². The highest BCUT2D eigenvalue weighted by Crippen LogP contribution is 2.29. The summed E-state index contributed by atoms with van der Waals surface area (Å²) in [5, 5.41) is 0.954. The van der Waals surface area contributed by atoms with Crippen molar-refractivity contribution in [3.8, 4) is 0 Å². The van der Waals surface area contributed by atoms with E-state index in [9.17, 15) is 4.39 Å². The lowest BCUT2D eigenvalue weighted by Gasteiger charge is -2.18. The first-order chi connectivity index (χ1) is 9.52. The van der Waals surface area contributed by atoms with Gasteiger partial charge in [-0.05, 0) is 52.2 Å². The van der Waals surface area contributed by atoms with Gasteiger partial charge in [-0.25, -0.2) is 4.39 Å². The molecule has 0 radical (unpaired) electrons. The number of benzene rings is 2. The molecule has 2 aromatic rings. The second-order valence-electron chi connectivity index (χ2n) is 4.30. The zero-order valence-corrected chi connectivity index (χ0v) is 13.4. The third-order valence-corrected chi connectivity index (χ3v) is 4.60. The zero-order chi connectivity index (χ0) is 14.7. The molecule has 0 bridgehead atoms. The van der Waals surface area contributed by atoms with Gasteiger partial charge < -0.3 is 0 Å². The highest BCUT2D eigenvalue weighted by atomic mass is 79.9. The van der Waals surface area contributed by atoms with Gasteiger partial charge in [0.2, 0.25) is 0 Å². The van der Waals surface area contributed by atoms with Crippen molar-refractivity contribution < 1.29 is 4.39 Å². The molecule has 0 aliphatic rings. The summed E-state index contributed by atoms with van der Waals surface area (Å²) >= 11 is 15.4. The van der Waals surface area contributed by atoms with E-state index < -0.39 is 0 Å². The Bertz CT molecular complexity index is 602. The summed E-state index contributed by atoms with van der Waals surface area (Å²) in [5.41, 5.74) is 3.96. The summed E-state index contributed by atoms with van der Waals surface area (Å²) in [6.45, 7) is 0. The predicted octanol–water partition coefficient (Wildman–Crippen LogP) is 4.64. The summed E-state index contributed by atoms with van der Waals surface area (Å²) in [4.78, 5) is 0. The van der Waals surface area contributed by atoms with Crippen LogP contribution in [0.5, 0.6) is 0 Å². The average Bonchev–Trinajstić information content (AvgIpc) is 2.42. The van der Waals surface area contributed by atoms with E-state index in [2.05, 4.69) is 21.4 Å². The minimum absolute atomic E-state index is 0.282. The van der Waals surface area contributed by atoms with Crippen LogP contribution in [0.2, 0.25) is 10.0 Å². The molecule has 0 amide bonds. The van der Waals surface area contributed by atoms with Crippen LogP contribution in [-0.2, 0) is 6.42 Å². The van der Waals surface area contributed by atoms with E-state index in [4.69, 9.17) is 29.0 Å². The quantitative estimate of drug-likeness (QED) is 0.601. The highest BCUT2D eigenvalue weighted by Gasteiger charge is 2.16. The van der Waals surface area contributed by atoms with Gasteiger partial charge in [-0.3, -0.25) is 11.3 Å². The van der Waals surface area contributed by atoms with Crippen molar-refractivity contribution in [3.05, 3.63) is 67.9 Å². The minimum Gasteiger partial charge on any atom is -0.271 e. The molecule has 1 unspecified atom stereocenters. The van der Waals surface area contributed by atoms with E-state index in [1.807, 2.05) is 12.1 Å². The van der Waals surface area contributed by atoms with Crippen LogP contribution in [0.1, 0.15) is 17.2 Å². The maximum absolute atomic E-state index is 13.8. The molecular weight excluding hydrogens is 366 g/mol. The van der Waals surface area contributed by atoms with Crippen LogP contribution >= 0.6 is 39.1 Å². The van der Waals surface area contributed by atoms with Gasteiger partial charge in [-0.1, -0.05) is 35.3 Å². The zero-order valence-electron chi connectivity index (χ0n) is 10.3. The van der Waals surface area contributed by atoms with Crippen LogP contribution in [0.25, 0.3) is 0 Å². The van der Waals surface area contributed by atoms with Crippen LogP contribution in [0.4, 0.5) is 4.39 Å². The lowest BCUT2D eigenvalue weighted by Crippen LogP contribution is -2.30. The molecule has 0 saturated carbocycles. The molecular formula is C14H12BrCl2FN2. The van der Waals surface area contributed by atoms with Crippen LogP contribution in [-0.4, -0.2) is 0 Å². The summed E-state index contributed by atoms with van der Waals surface area (Å²) in [7, 11) is 0. The van der Waals surface area contributed by atoms with Crippen molar-refractivity contribution in [2.45, 2.75) is 12.5 Å². The van der Waals surface area contributed by atoms with Gasteiger partial charge in [0.25, 0.3) is 0 Å². The first kappa shape index (κ1) is 15.7. The Kier molecular flexibility index (Phi) is 5.41. The summed E-state index contributed by atoms with van der Waals surface area (Å²) in [6, 6.07) is 9.80. The number of hydrogen-bond donors (Lipinski definition) is 2. The van der Waals surface area contributed by atoms with E-state index >= 15 is 0 Å². The lowest BCUT2D eigenvalue weighted by atomic mass is 9.99. The minimum atomic E-state index is -0.346. The number of hydrazine groups is 1. The molecule has 2 rings (SSSR count). The van der Waals surface area contributed by atoms with Crippen molar-refractivity contribution in [3.63, 3.8) is 0 Å². The van der Waals surface area contributed by atoms with Crippen LogP contribution in [0, 0.1) is 5.82 Å². The maximum atomic E-state index is 13.8. The van der Waals surface area contributed by atoms with Crippen molar-refractivity contribution in [2.75, 3.05) is 0 Å². The SMILES string of the molecule is NNC(Cc1c(F)cccc1Cl)c1ccc(Br)c(Cl)c1. The molecule has 0 fully saturated rings.